The lowest BCUT2D eigenvalue weighted by molar-refractivity contribution is -0.116. The molecule has 1 saturated heterocycles. The van der Waals surface area contributed by atoms with Crippen LogP contribution in [-0.2, 0) is 4.79 Å². The summed E-state index contributed by atoms with van der Waals surface area (Å²) in [5.74, 6) is 1.30. The summed E-state index contributed by atoms with van der Waals surface area (Å²) in [7, 11) is 0. The molecule has 0 aromatic heterocycles. The molecule has 28 heavy (non-hydrogen) atoms. The zero-order chi connectivity index (χ0) is 19.3. The van der Waals surface area contributed by atoms with E-state index >= 15 is 0 Å². The van der Waals surface area contributed by atoms with Gasteiger partial charge in [-0.05, 0) is 61.3 Å². The number of rotatable bonds is 6. The number of likely N-dealkylation sites (tertiary alicyclic amines) is 1. The fourth-order valence-corrected chi connectivity index (χ4v) is 3.94. The van der Waals surface area contributed by atoms with E-state index < -0.39 is 0 Å². The molecule has 0 bridgehead atoms. The molecular weight excluding hydrogens is 376 g/mol. The van der Waals surface area contributed by atoms with Crippen molar-refractivity contribution in [2.75, 3.05) is 26.4 Å². The first kappa shape index (κ1) is 18.8. The van der Waals surface area contributed by atoms with E-state index in [-0.39, 0.29) is 18.7 Å². The molecule has 2 aromatic carbocycles. The van der Waals surface area contributed by atoms with Crippen LogP contribution in [0.15, 0.2) is 48.5 Å². The van der Waals surface area contributed by atoms with E-state index in [1.54, 1.807) is 12.2 Å². The largest absolute Gasteiger partial charge is 0.454 e. The zero-order valence-corrected chi connectivity index (χ0v) is 16.3. The van der Waals surface area contributed by atoms with Gasteiger partial charge in [0, 0.05) is 17.6 Å². The maximum atomic E-state index is 12.4. The zero-order valence-electron chi connectivity index (χ0n) is 15.6. The van der Waals surface area contributed by atoms with E-state index in [4.69, 9.17) is 21.1 Å². The van der Waals surface area contributed by atoms with Crippen LogP contribution in [0.2, 0.25) is 5.02 Å². The van der Waals surface area contributed by atoms with Gasteiger partial charge in [0.2, 0.25) is 12.7 Å². The van der Waals surface area contributed by atoms with Gasteiger partial charge in [-0.1, -0.05) is 35.9 Å². The summed E-state index contributed by atoms with van der Waals surface area (Å²) >= 11 is 6.42. The first-order chi connectivity index (χ1) is 13.7. The Labute approximate surface area is 169 Å². The Morgan fingerprint density at radius 3 is 2.75 bits per heavy atom. The van der Waals surface area contributed by atoms with Gasteiger partial charge in [0.05, 0.1) is 6.04 Å². The number of ether oxygens (including phenoxy) is 2. The van der Waals surface area contributed by atoms with Crippen molar-refractivity contribution in [3.8, 4) is 11.5 Å². The summed E-state index contributed by atoms with van der Waals surface area (Å²) in [5, 5.41) is 3.77. The Morgan fingerprint density at radius 2 is 1.93 bits per heavy atom. The maximum absolute atomic E-state index is 12.4. The van der Waals surface area contributed by atoms with Crippen molar-refractivity contribution >= 4 is 23.6 Å². The normalized spacial score (nSPS) is 17.2. The summed E-state index contributed by atoms with van der Waals surface area (Å²) in [4.78, 5) is 14.8. The van der Waals surface area contributed by atoms with Gasteiger partial charge in [0.25, 0.3) is 0 Å². The van der Waals surface area contributed by atoms with Gasteiger partial charge in [-0.2, -0.15) is 0 Å². The third kappa shape index (κ3) is 4.32. The number of hydrogen-bond acceptors (Lipinski definition) is 4. The number of fused-ring (bicyclic) bond motifs is 1. The minimum atomic E-state index is -0.131. The third-order valence-corrected chi connectivity index (χ3v) is 5.48. The van der Waals surface area contributed by atoms with Crippen LogP contribution in [-0.4, -0.2) is 37.2 Å². The molecule has 1 N–H and O–H groups in total. The quantitative estimate of drug-likeness (QED) is 0.746. The molecular formula is C22H23ClN2O3. The molecule has 4 rings (SSSR count). The van der Waals surface area contributed by atoms with Crippen molar-refractivity contribution in [2.24, 2.45) is 0 Å². The number of carbonyl (C=O) groups excluding carboxylic acids is 1. The van der Waals surface area contributed by atoms with E-state index in [0.717, 1.165) is 35.0 Å². The van der Waals surface area contributed by atoms with Crippen LogP contribution in [0, 0.1) is 0 Å². The molecule has 1 fully saturated rings. The molecule has 0 aliphatic carbocycles. The lowest BCUT2D eigenvalue weighted by atomic mass is 10.1. The summed E-state index contributed by atoms with van der Waals surface area (Å²) in [6.07, 6.45) is 5.68. The number of nitrogens with one attached hydrogen (secondary N) is 1. The Morgan fingerprint density at radius 1 is 1.14 bits per heavy atom. The highest BCUT2D eigenvalue weighted by Crippen LogP contribution is 2.33. The van der Waals surface area contributed by atoms with Gasteiger partial charge < -0.3 is 14.8 Å². The van der Waals surface area contributed by atoms with E-state index in [0.29, 0.717) is 12.3 Å². The summed E-state index contributed by atoms with van der Waals surface area (Å²) in [6.45, 7) is 2.81. The highest BCUT2D eigenvalue weighted by atomic mass is 35.5. The first-order valence-electron chi connectivity index (χ1n) is 9.55. The van der Waals surface area contributed by atoms with Crippen LogP contribution in [0.25, 0.3) is 6.08 Å². The van der Waals surface area contributed by atoms with Crippen LogP contribution in [0.5, 0.6) is 11.5 Å². The standard InChI is InChI=1S/C22H23ClN2O3/c23-18-6-2-1-5-17(18)19(25-11-3-4-12-25)14-24-22(26)10-8-16-7-9-20-21(13-16)28-15-27-20/h1-2,5-10,13,19H,3-4,11-12,14-15H2,(H,24,26)/b10-8+. The highest BCUT2D eigenvalue weighted by Gasteiger charge is 2.25. The Bertz CT molecular complexity index is 878. The SMILES string of the molecule is O=C(/C=C/c1ccc2c(c1)OCO2)NCC(c1ccccc1Cl)N1CCCC1. The average molecular weight is 399 g/mol. The van der Waals surface area contributed by atoms with Crippen molar-refractivity contribution in [1.82, 2.24) is 10.2 Å². The highest BCUT2D eigenvalue weighted by molar-refractivity contribution is 6.31. The van der Waals surface area contributed by atoms with Gasteiger partial charge >= 0.3 is 0 Å². The van der Waals surface area contributed by atoms with E-state index in [1.165, 1.54) is 12.8 Å². The fourth-order valence-electron chi connectivity index (χ4n) is 3.68. The van der Waals surface area contributed by atoms with Gasteiger partial charge in [0.1, 0.15) is 0 Å². The number of hydrogen-bond donors (Lipinski definition) is 1. The van der Waals surface area contributed by atoms with Crippen molar-refractivity contribution in [2.45, 2.75) is 18.9 Å². The molecule has 1 amide bonds. The summed E-state index contributed by atoms with van der Waals surface area (Å²) in [5.41, 5.74) is 1.95. The third-order valence-electron chi connectivity index (χ3n) is 5.14. The van der Waals surface area contributed by atoms with Crippen molar-refractivity contribution in [3.63, 3.8) is 0 Å². The van der Waals surface area contributed by atoms with Crippen LogP contribution in [0.3, 0.4) is 0 Å². The maximum Gasteiger partial charge on any atom is 0.244 e. The second-order valence-electron chi connectivity index (χ2n) is 6.97. The molecule has 2 aliphatic rings. The Kier molecular flexibility index (Phi) is 5.84. The van der Waals surface area contributed by atoms with E-state index in [9.17, 15) is 4.79 Å². The van der Waals surface area contributed by atoms with Crippen LogP contribution in [0.4, 0.5) is 0 Å². The molecule has 1 atom stereocenters. The minimum absolute atomic E-state index is 0.0825. The minimum Gasteiger partial charge on any atom is -0.454 e. The van der Waals surface area contributed by atoms with Crippen molar-refractivity contribution in [3.05, 3.63) is 64.7 Å². The van der Waals surface area contributed by atoms with Crippen LogP contribution >= 0.6 is 11.6 Å². The molecule has 5 nitrogen and oxygen atoms in total. The average Bonchev–Trinajstić information content (AvgIpc) is 3.39. The summed E-state index contributed by atoms with van der Waals surface area (Å²) < 4.78 is 10.7. The molecule has 1 unspecified atom stereocenters. The Hall–Kier alpha value is -2.50. The molecule has 0 saturated carbocycles. The lowest BCUT2D eigenvalue weighted by Gasteiger charge is -2.28. The predicted molar refractivity (Wildman–Crippen MR) is 110 cm³/mol. The second kappa shape index (κ2) is 8.67. The topological polar surface area (TPSA) is 50.8 Å². The number of nitrogens with zero attached hydrogens (tertiary/aromatic N) is 1. The first-order valence-corrected chi connectivity index (χ1v) is 9.92. The molecule has 6 heteroatoms. The van der Waals surface area contributed by atoms with Gasteiger partial charge in [-0.3, -0.25) is 9.69 Å². The number of benzene rings is 2. The molecule has 2 aliphatic heterocycles. The van der Waals surface area contributed by atoms with E-state index in [2.05, 4.69) is 10.2 Å². The number of amides is 1. The second-order valence-corrected chi connectivity index (χ2v) is 7.38. The number of halogens is 1. The summed E-state index contributed by atoms with van der Waals surface area (Å²) in [6, 6.07) is 13.6. The monoisotopic (exact) mass is 398 g/mol. The fraction of sp³-hybridized carbons (Fsp3) is 0.318. The van der Waals surface area contributed by atoms with Gasteiger partial charge in [0.15, 0.2) is 11.5 Å². The van der Waals surface area contributed by atoms with Gasteiger partial charge in [-0.25, -0.2) is 0 Å². The van der Waals surface area contributed by atoms with Crippen molar-refractivity contribution < 1.29 is 14.3 Å². The molecule has 2 heterocycles. The van der Waals surface area contributed by atoms with Crippen LogP contribution < -0.4 is 14.8 Å². The number of carbonyl (C=O) groups is 1. The van der Waals surface area contributed by atoms with Gasteiger partial charge in [-0.15, -0.1) is 0 Å². The smallest absolute Gasteiger partial charge is 0.244 e. The van der Waals surface area contributed by atoms with Crippen molar-refractivity contribution in [1.29, 1.82) is 0 Å². The molecule has 0 spiro atoms. The Balaban J connectivity index is 1.40. The van der Waals surface area contributed by atoms with E-state index in [1.807, 2.05) is 42.5 Å². The molecule has 146 valence electrons. The molecule has 0 radical (unpaired) electrons. The lowest BCUT2D eigenvalue weighted by Crippen LogP contribution is -2.36. The predicted octanol–water partition coefficient (Wildman–Crippen LogP) is 4.04. The van der Waals surface area contributed by atoms with Crippen LogP contribution in [0.1, 0.15) is 30.0 Å². The molecule has 2 aromatic rings.